The lowest BCUT2D eigenvalue weighted by Gasteiger charge is -2.35. The Labute approximate surface area is 176 Å². The lowest BCUT2D eigenvalue weighted by molar-refractivity contribution is -0.130. The molecule has 0 radical (unpaired) electrons. The number of amides is 1. The number of carboxylic acid groups (broad SMARTS) is 1. The molecule has 1 aliphatic rings. The molecule has 0 saturated carbocycles. The Kier molecular flexibility index (Phi) is 5.29. The van der Waals surface area contributed by atoms with Gasteiger partial charge in [-0.25, -0.2) is 14.3 Å². The third-order valence-corrected chi connectivity index (χ3v) is 5.56. The number of aromatic carboxylic acids is 1. The Balaban J connectivity index is 1.39. The lowest BCUT2D eigenvalue weighted by Crippen LogP contribution is -2.49. The van der Waals surface area contributed by atoms with Crippen LogP contribution in [0.5, 0.6) is 0 Å². The number of carboxylic acids is 1. The number of carbonyl (C=O) groups excluding carboxylic acids is 1. The van der Waals surface area contributed by atoms with Crippen molar-refractivity contribution in [2.75, 3.05) is 31.1 Å². The molecule has 10 heteroatoms. The minimum Gasteiger partial charge on any atom is -0.476 e. The van der Waals surface area contributed by atoms with Crippen molar-refractivity contribution in [2.24, 2.45) is 0 Å². The second-order valence-corrected chi connectivity index (χ2v) is 7.53. The highest BCUT2D eigenvalue weighted by Gasteiger charge is 2.22. The average Bonchev–Trinajstić information content (AvgIpc) is 3.14. The molecule has 29 heavy (non-hydrogen) atoms. The number of carbonyl (C=O) groups is 2. The van der Waals surface area contributed by atoms with Crippen molar-refractivity contribution < 1.29 is 14.7 Å². The summed E-state index contributed by atoms with van der Waals surface area (Å²) in [5.74, 6) is -0.346. The molecule has 150 valence electrons. The van der Waals surface area contributed by atoms with Crippen LogP contribution in [0.1, 0.15) is 16.1 Å². The predicted molar refractivity (Wildman–Crippen MR) is 109 cm³/mol. The summed E-state index contributed by atoms with van der Waals surface area (Å²) >= 11 is 11.9. The highest BCUT2D eigenvalue weighted by atomic mass is 35.5. The molecule has 0 spiro atoms. The molecule has 0 atom stereocenters. The van der Waals surface area contributed by atoms with Gasteiger partial charge in [-0.3, -0.25) is 4.79 Å². The molecule has 1 amide bonds. The maximum absolute atomic E-state index is 12.6. The maximum Gasteiger partial charge on any atom is 0.356 e. The van der Waals surface area contributed by atoms with Gasteiger partial charge in [0.1, 0.15) is 5.82 Å². The third kappa shape index (κ3) is 4.13. The van der Waals surface area contributed by atoms with Gasteiger partial charge in [-0.05, 0) is 29.8 Å². The van der Waals surface area contributed by atoms with Gasteiger partial charge in [0.05, 0.1) is 22.7 Å². The molecule has 1 N–H and O–H groups in total. The number of anilines is 1. The highest BCUT2D eigenvalue weighted by Crippen LogP contribution is 2.23. The van der Waals surface area contributed by atoms with E-state index in [-0.39, 0.29) is 18.0 Å². The first-order valence-corrected chi connectivity index (χ1v) is 9.72. The molecule has 3 aromatic rings. The van der Waals surface area contributed by atoms with E-state index in [0.717, 1.165) is 5.56 Å². The van der Waals surface area contributed by atoms with Crippen molar-refractivity contribution in [3.8, 4) is 0 Å². The Bertz CT molecular complexity index is 1090. The normalized spacial score (nSPS) is 14.4. The number of halogens is 2. The number of rotatable bonds is 4. The molecule has 1 fully saturated rings. The van der Waals surface area contributed by atoms with E-state index in [2.05, 4.69) is 15.0 Å². The van der Waals surface area contributed by atoms with Gasteiger partial charge < -0.3 is 14.9 Å². The van der Waals surface area contributed by atoms with Crippen molar-refractivity contribution in [1.29, 1.82) is 0 Å². The summed E-state index contributed by atoms with van der Waals surface area (Å²) in [5, 5.41) is 14.4. The van der Waals surface area contributed by atoms with Crippen LogP contribution in [0.25, 0.3) is 5.65 Å². The van der Waals surface area contributed by atoms with Crippen molar-refractivity contribution in [1.82, 2.24) is 19.5 Å². The van der Waals surface area contributed by atoms with Gasteiger partial charge in [0.2, 0.25) is 5.91 Å². The molecule has 1 aliphatic heterocycles. The summed E-state index contributed by atoms with van der Waals surface area (Å²) in [6, 6.07) is 8.75. The van der Waals surface area contributed by atoms with Crippen LogP contribution in [0.15, 0.2) is 36.5 Å². The summed E-state index contributed by atoms with van der Waals surface area (Å²) in [7, 11) is 0. The second-order valence-electron chi connectivity index (χ2n) is 6.72. The molecule has 0 bridgehead atoms. The van der Waals surface area contributed by atoms with Gasteiger partial charge in [-0.2, -0.15) is 0 Å². The monoisotopic (exact) mass is 433 g/mol. The zero-order valence-electron chi connectivity index (χ0n) is 15.3. The molecule has 1 saturated heterocycles. The van der Waals surface area contributed by atoms with Crippen LogP contribution in [0.3, 0.4) is 0 Å². The SMILES string of the molecule is O=C(O)c1cn2nc(N3CCN(C(=O)Cc4ccc(Cl)c(Cl)c4)CC3)ccc2n1. The summed E-state index contributed by atoms with van der Waals surface area (Å²) in [4.78, 5) is 31.5. The fraction of sp³-hybridized carbons (Fsp3) is 0.263. The predicted octanol–water partition coefficient (Wildman–Crippen LogP) is 2.63. The van der Waals surface area contributed by atoms with E-state index in [1.54, 1.807) is 30.3 Å². The van der Waals surface area contributed by atoms with Crippen molar-refractivity contribution in [2.45, 2.75) is 6.42 Å². The van der Waals surface area contributed by atoms with Crippen molar-refractivity contribution in [3.63, 3.8) is 0 Å². The van der Waals surface area contributed by atoms with E-state index in [0.29, 0.717) is 47.7 Å². The van der Waals surface area contributed by atoms with E-state index < -0.39 is 5.97 Å². The van der Waals surface area contributed by atoms with E-state index in [4.69, 9.17) is 28.3 Å². The van der Waals surface area contributed by atoms with Crippen LogP contribution in [0.2, 0.25) is 10.0 Å². The smallest absolute Gasteiger partial charge is 0.356 e. The summed E-state index contributed by atoms with van der Waals surface area (Å²) in [6.45, 7) is 2.41. The van der Waals surface area contributed by atoms with Crippen LogP contribution in [0.4, 0.5) is 5.82 Å². The fourth-order valence-electron chi connectivity index (χ4n) is 3.26. The van der Waals surface area contributed by atoms with E-state index in [1.807, 2.05) is 4.90 Å². The molecule has 1 aromatic carbocycles. The quantitative estimate of drug-likeness (QED) is 0.679. The molecule has 2 aromatic heterocycles. The minimum atomic E-state index is -1.09. The van der Waals surface area contributed by atoms with Gasteiger partial charge in [-0.1, -0.05) is 29.3 Å². The zero-order valence-corrected chi connectivity index (χ0v) is 16.8. The van der Waals surface area contributed by atoms with Crippen LogP contribution >= 0.6 is 23.2 Å². The van der Waals surface area contributed by atoms with Crippen molar-refractivity contribution >= 4 is 46.5 Å². The molecule has 0 unspecified atom stereocenters. The van der Waals surface area contributed by atoms with Gasteiger partial charge in [0.15, 0.2) is 11.3 Å². The molecule has 0 aliphatic carbocycles. The molecular formula is C19H17Cl2N5O3. The standard InChI is InChI=1S/C19H17Cl2N5O3/c20-13-2-1-12(9-14(13)21)10-18(27)25-7-5-24(6-8-25)17-4-3-16-22-15(19(28)29)11-26(16)23-17/h1-4,9,11H,5-8,10H2,(H,28,29). The first-order valence-electron chi connectivity index (χ1n) is 8.97. The van der Waals surface area contributed by atoms with Crippen LogP contribution in [-0.2, 0) is 11.2 Å². The van der Waals surface area contributed by atoms with Crippen LogP contribution in [-0.4, -0.2) is 62.7 Å². The Hall–Kier alpha value is -2.84. The number of benzene rings is 1. The summed E-state index contributed by atoms with van der Waals surface area (Å²) < 4.78 is 1.46. The van der Waals surface area contributed by atoms with Gasteiger partial charge in [0.25, 0.3) is 0 Å². The Morgan fingerprint density at radius 1 is 1.03 bits per heavy atom. The van der Waals surface area contributed by atoms with E-state index in [9.17, 15) is 9.59 Å². The van der Waals surface area contributed by atoms with Crippen LogP contribution in [0, 0.1) is 0 Å². The number of piperazine rings is 1. The number of aromatic nitrogens is 3. The fourth-order valence-corrected chi connectivity index (χ4v) is 3.59. The number of fused-ring (bicyclic) bond motifs is 1. The van der Waals surface area contributed by atoms with Gasteiger partial charge in [0, 0.05) is 26.2 Å². The zero-order chi connectivity index (χ0) is 20.5. The second kappa shape index (κ2) is 7.88. The number of imidazole rings is 1. The average molecular weight is 434 g/mol. The number of nitrogens with zero attached hydrogens (tertiary/aromatic N) is 5. The van der Waals surface area contributed by atoms with E-state index in [1.165, 1.54) is 10.7 Å². The molecule has 3 heterocycles. The number of hydrogen-bond donors (Lipinski definition) is 1. The number of hydrogen-bond acceptors (Lipinski definition) is 5. The van der Waals surface area contributed by atoms with Gasteiger partial charge in [-0.15, -0.1) is 5.10 Å². The maximum atomic E-state index is 12.6. The minimum absolute atomic E-state index is 0.0344. The summed E-state index contributed by atoms with van der Waals surface area (Å²) in [6.07, 6.45) is 1.66. The topological polar surface area (TPSA) is 91.0 Å². The molecular weight excluding hydrogens is 417 g/mol. The molecule has 4 rings (SSSR count). The largest absolute Gasteiger partial charge is 0.476 e. The van der Waals surface area contributed by atoms with Crippen molar-refractivity contribution in [3.05, 3.63) is 57.8 Å². The Morgan fingerprint density at radius 3 is 2.48 bits per heavy atom. The molecule has 8 nitrogen and oxygen atoms in total. The van der Waals surface area contributed by atoms with E-state index >= 15 is 0 Å². The van der Waals surface area contributed by atoms with Crippen LogP contribution < -0.4 is 4.90 Å². The first kappa shape index (κ1) is 19.5. The lowest BCUT2D eigenvalue weighted by atomic mass is 10.1. The first-order chi connectivity index (χ1) is 13.9. The third-order valence-electron chi connectivity index (χ3n) is 4.82. The van der Waals surface area contributed by atoms with Gasteiger partial charge >= 0.3 is 5.97 Å². The summed E-state index contributed by atoms with van der Waals surface area (Å²) in [5.41, 5.74) is 1.25. The Morgan fingerprint density at radius 2 is 1.79 bits per heavy atom. The highest BCUT2D eigenvalue weighted by molar-refractivity contribution is 6.42.